The first-order valence-electron chi connectivity index (χ1n) is 1.82. The van der Waals surface area contributed by atoms with Crippen LogP contribution in [-0.4, -0.2) is 22.1 Å². The van der Waals surface area contributed by atoms with Crippen LogP contribution in [0.15, 0.2) is 0 Å². The van der Waals surface area contributed by atoms with E-state index in [1.807, 2.05) is 0 Å². The minimum atomic E-state index is -3.84. The highest BCUT2D eigenvalue weighted by Crippen LogP contribution is 2.43. The van der Waals surface area contributed by atoms with Gasteiger partial charge in [0.2, 0.25) is 0 Å². The van der Waals surface area contributed by atoms with Crippen molar-refractivity contribution in [2.24, 2.45) is 0 Å². The Hall–Kier alpha value is 0.350. The largest absolute Gasteiger partial charge is 0.481 e. The lowest BCUT2D eigenvalue weighted by Gasteiger charge is -2.00. The van der Waals surface area contributed by atoms with Crippen molar-refractivity contribution < 1.29 is 22.2 Å². The zero-order valence-electron chi connectivity index (χ0n) is 4.15. The van der Waals surface area contributed by atoms with E-state index in [1.54, 1.807) is 0 Å². The van der Waals surface area contributed by atoms with Crippen molar-refractivity contribution >= 4 is 36.6 Å². The third-order valence-corrected chi connectivity index (χ3v) is 3.18. The van der Waals surface area contributed by atoms with Gasteiger partial charge in [-0.3, -0.25) is 9.36 Å². The number of rotatable bonds is 3. The van der Waals surface area contributed by atoms with Crippen molar-refractivity contribution in [1.82, 2.24) is 0 Å². The molecule has 1 unspecified atom stereocenters. The van der Waals surface area contributed by atoms with Gasteiger partial charge in [-0.25, -0.2) is 2.85 Å². The first-order chi connectivity index (χ1) is 3.98. The smallest absolute Gasteiger partial charge is 0.348 e. The molecule has 0 bridgehead atoms. The Labute approximate surface area is 65.2 Å². The summed E-state index contributed by atoms with van der Waals surface area (Å²) in [5.74, 6) is -1.35. The summed E-state index contributed by atoms with van der Waals surface area (Å²) in [4.78, 5) is 18.2. The molecule has 0 saturated carbocycles. The number of hydrogen-bond acceptors (Lipinski definition) is 3. The maximum atomic E-state index is 10.3. The fourth-order valence-electron chi connectivity index (χ4n) is 0.195. The maximum Gasteiger partial charge on any atom is 0.348 e. The Morgan fingerprint density at radius 2 is 2.22 bits per heavy atom. The monoisotopic (exact) mass is 266 g/mol. The zero-order valence-corrected chi connectivity index (χ0v) is 7.20. The Morgan fingerprint density at radius 3 is 2.33 bits per heavy atom. The molecule has 0 aromatic carbocycles. The van der Waals surface area contributed by atoms with E-state index in [9.17, 15) is 9.36 Å². The van der Waals surface area contributed by atoms with Gasteiger partial charge in [0.05, 0.1) is 0 Å². The number of aliphatic carboxylic acids is 1. The van der Waals surface area contributed by atoms with Crippen LogP contribution in [0.1, 0.15) is 0 Å². The lowest BCUT2D eigenvalue weighted by Crippen LogP contribution is -2.02. The molecule has 0 amide bonds. The number of hydrogen-bond donors (Lipinski definition) is 2. The van der Waals surface area contributed by atoms with E-state index in [0.717, 1.165) is 0 Å². The van der Waals surface area contributed by atoms with E-state index in [4.69, 9.17) is 10.00 Å². The average Bonchev–Trinajstić information content (AvgIpc) is 1.63. The van der Waals surface area contributed by atoms with Crippen LogP contribution in [0.25, 0.3) is 0 Å². The molecule has 0 heterocycles. The van der Waals surface area contributed by atoms with Gasteiger partial charge in [-0.05, 0) is 0 Å². The van der Waals surface area contributed by atoms with E-state index in [2.05, 4.69) is 2.85 Å². The van der Waals surface area contributed by atoms with Crippen LogP contribution < -0.4 is 0 Å². The molecule has 0 aliphatic heterocycles. The van der Waals surface area contributed by atoms with E-state index in [-0.39, 0.29) is 0 Å². The molecule has 0 aliphatic rings. The van der Waals surface area contributed by atoms with Crippen LogP contribution >= 0.6 is 30.6 Å². The summed E-state index contributed by atoms with van der Waals surface area (Å²) < 4.78 is 14.3. The Balaban J connectivity index is 3.88. The molecule has 2 N–H and O–H groups in total. The SMILES string of the molecule is O=C(O)CP(=O)(O)OI. The third-order valence-electron chi connectivity index (χ3n) is 0.443. The summed E-state index contributed by atoms with van der Waals surface area (Å²) >= 11 is 1.19. The standard InChI is InChI=1S/C2H4IO5P/c3-8-9(6,7)1-2(4)5/h1H2,(H,4,5)(H,6,7). The first kappa shape index (κ1) is 9.35. The molecule has 0 rings (SSSR count). The topological polar surface area (TPSA) is 83.8 Å². The maximum absolute atomic E-state index is 10.3. The molecule has 7 heteroatoms. The van der Waals surface area contributed by atoms with Crippen LogP contribution in [0.4, 0.5) is 0 Å². The predicted molar refractivity (Wildman–Crippen MR) is 37.4 cm³/mol. The van der Waals surface area contributed by atoms with Crippen molar-refractivity contribution in [2.75, 3.05) is 6.16 Å². The van der Waals surface area contributed by atoms with Gasteiger partial charge in [-0.1, -0.05) is 0 Å². The van der Waals surface area contributed by atoms with Gasteiger partial charge >= 0.3 is 13.6 Å². The summed E-state index contributed by atoms with van der Waals surface area (Å²) in [6, 6.07) is 0. The van der Waals surface area contributed by atoms with Gasteiger partial charge in [-0.15, -0.1) is 0 Å². The Kier molecular flexibility index (Phi) is 3.64. The lowest BCUT2D eigenvalue weighted by molar-refractivity contribution is -0.134. The Bertz CT molecular complexity index is 155. The number of carbonyl (C=O) groups is 1. The molecular formula is C2H4IO5P. The zero-order chi connectivity index (χ0) is 7.49. The molecule has 1 atom stereocenters. The van der Waals surface area contributed by atoms with Crippen molar-refractivity contribution in [3.05, 3.63) is 0 Å². The number of halogens is 1. The summed E-state index contributed by atoms with van der Waals surface area (Å²) in [5.41, 5.74) is 0. The average molecular weight is 266 g/mol. The van der Waals surface area contributed by atoms with Gasteiger partial charge in [0.25, 0.3) is 0 Å². The quantitative estimate of drug-likeness (QED) is 0.578. The van der Waals surface area contributed by atoms with Crippen LogP contribution in [-0.2, 0) is 12.2 Å². The lowest BCUT2D eigenvalue weighted by atomic mass is 10.8. The van der Waals surface area contributed by atoms with Crippen molar-refractivity contribution in [1.29, 1.82) is 0 Å². The van der Waals surface area contributed by atoms with Crippen LogP contribution in [0.2, 0.25) is 0 Å². The van der Waals surface area contributed by atoms with Gasteiger partial charge in [-0.2, -0.15) is 0 Å². The van der Waals surface area contributed by atoms with E-state index in [1.165, 1.54) is 23.0 Å². The number of carboxylic acid groups (broad SMARTS) is 1. The molecule has 5 nitrogen and oxygen atoms in total. The minimum absolute atomic E-state index is 0.851. The second-order valence-corrected chi connectivity index (χ2v) is 4.17. The van der Waals surface area contributed by atoms with E-state index < -0.39 is 19.7 Å². The van der Waals surface area contributed by atoms with Gasteiger partial charge in [0, 0.05) is 0 Å². The summed E-state index contributed by atoms with van der Waals surface area (Å²) in [5, 5.41) is 7.96. The van der Waals surface area contributed by atoms with Crippen molar-refractivity contribution in [2.45, 2.75) is 0 Å². The molecule has 9 heavy (non-hydrogen) atoms. The van der Waals surface area contributed by atoms with E-state index in [0.29, 0.717) is 0 Å². The normalized spacial score (nSPS) is 16.7. The fraction of sp³-hybridized carbons (Fsp3) is 0.500. The first-order valence-corrected chi connectivity index (χ1v) is 4.46. The van der Waals surface area contributed by atoms with Gasteiger partial charge < -0.3 is 10.00 Å². The molecular weight excluding hydrogens is 262 g/mol. The highest BCUT2D eigenvalue weighted by atomic mass is 127. The van der Waals surface area contributed by atoms with Crippen LogP contribution in [0, 0.1) is 0 Å². The Morgan fingerprint density at radius 1 is 1.78 bits per heavy atom. The third kappa shape index (κ3) is 4.83. The fourth-order valence-corrected chi connectivity index (χ4v) is 1.00. The summed E-state index contributed by atoms with van der Waals surface area (Å²) in [6.07, 6.45) is -0.851. The summed E-state index contributed by atoms with van der Waals surface area (Å²) in [6.45, 7) is 0. The van der Waals surface area contributed by atoms with E-state index >= 15 is 0 Å². The minimum Gasteiger partial charge on any atom is -0.481 e. The second kappa shape index (κ2) is 3.50. The van der Waals surface area contributed by atoms with Crippen LogP contribution in [0.5, 0.6) is 0 Å². The van der Waals surface area contributed by atoms with Gasteiger partial charge in [0.15, 0.2) is 0 Å². The highest BCUT2D eigenvalue weighted by Gasteiger charge is 2.22. The summed E-state index contributed by atoms with van der Waals surface area (Å²) in [7, 11) is -3.84. The predicted octanol–water partition coefficient (Wildman–Crippen LogP) is 0.623. The molecule has 0 aromatic rings. The molecule has 0 aliphatic carbocycles. The molecule has 0 saturated heterocycles. The second-order valence-electron chi connectivity index (χ2n) is 1.26. The van der Waals surface area contributed by atoms with Crippen molar-refractivity contribution in [3.63, 3.8) is 0 Å². The molecule has 0 spiro atoms. The molecule has 0 fully saturated rings. The molecule has 54 valence electrons. The molecule has 0 radical (unpaired) electrons. The molecule has 0 aromatic heterocycles. The van der Waals surface area contributed by atoms with Crippen LogP contribution in [0.3, 0.4) is 0 Å². The number of carboxylic acids is 1. The highest BCUT2D eigenvalue weighted by molar-refractivity contribution is 14.1. The van der Waals surface area contributed by atoms with Crippen molar-refractivity contribution in [3.8, 4) is 0 Å². The van der Waals surface area contributed by atoms with Gasteiger partial charge in [0.1, 0.15) is 29.2 Å².